The van der Waals surface area contributed by atoms with Gasteiger partial charge in [-0.2, -0.15) is 0 Å². The lowest BCUT2D eigenvalue weighted by Gasteiger charge is -2.17. The van der Waals surface area contributed by atoms with Crippen molar-refractivity contribution in [2.24, 2.45) is 0 Å². The highest BCUT2D eigenvalue weighted by Gasteiger charge is 2.24. The molecule has 130 valence electrons. The van der Waals surface area contributed by atoms with Crippen LogP contribution in [0.15, 0.2) is 29.6 Å². The number of benzene rings is 1. The van der Waals surface area contributed by atoms with Gasteiger partial charge < -0.3 is 10.4 Å². The average molecular weight is 389 g/mol. The minimum Gasteiger partial charge on any atom is -0.381 e. The van der Waals surface area contributed by atoms with E-state index in [0.717, 1.165) is 16.7 Å². The summed E-state index contributed by atoms with van der Waals surface area (Å²) in [5, 5.41) is 14.2. The molecule has 0 spiro atoms. The number of aliphatic hydroxyl groups is 1. The molecule has 2 aromatic rings. The summed E-state index contributed by atoms with van der Waals surface area (Å²) in [5.74, 6) is -0.562. The van der Waals surface area contributed by atoms with E-state index in [4.69, 9.17) is 11.6 Å². The molecule has 3 N–H and O–H groups in total. The van der Waals surface area contributed by atoms with E-state index in [-0.39, 0.29) is 0 Å². The molecule has 0 aliphatic rings. The maximum absolute atomic E-state index is 11.8. The van der Waals surface area contributed by atoms with Gasteiger partial charge in [-0.1, -0.05) is 17.7 Å². The van der Waals surface area contributed by atoms with E-state index in [1.54, 1.807) is 29.6 Å². The van der Waals surface area contributed by atoms with Gasteiger partial charge in [-0.05, 0) is 37.6 Å². The number of hydrogen-bond donors (Lipinski definition) is 3. The van der Waals surface area contributed by atoms with Gasteiger partial charge in [0.2, 0.25) is 10.0 Å². The zero-order valence-corrected chi connectivity index (χ0v) is 15.6. The van der Waals surface area contributed by atoms with Crippen LogP contribution in [0, 0.1) is 0 Å². The second-order valence-electron chi connectivity index (χ2n) is 5.78. The van der Waals surface area contributed by atoms with Crippen molar-refractivity contribution in [3.8, 4) is 10.4 Å². The van der Waals surface area contributed by atoms with Gasteiger partial charge in [-0.25, -0.2) is 8.42 Å². The monoisotopic (exact) mass is 388 g/mol. The van der Waals surface area contributed by atoms with E-state index in [9.17, 15) is 18.3 Å². The fourth-order valence-electron chi connectivity index (χ4n) is 1.80. The van der Waals surface area contributed by atoms with Crippen molar-refractivity contribution in [1.82, 2.24) is 0 Å². The second kappa shape index (κ2) is 6.72. The van der Waals surface area contributed by atoms with E-state index in [2.05, 4.69) is 10.0 Å². The molecule has 6 nitrogen and oxygen atoms in total. The Hall–Kier alpha value is -1.61. The number of thiophene rings is 1. The Labute approximate surface area is 149 Å². The summed E-state index contributed by atoms with van der Waals surface area (Å²) in [7, 11) is -3.33. The number of rotatable bonds is 5. The van der Waals surface area contributed by atoms with Crippen LogP contribution in [0.4, 0.5) is 11.4 Å². The first-order valence-electron chi connectivity index (χ1n) is 6.86. The lowest BCUT2D eigenvalue weighted by molar-refractivity contribution is -0.130. The summed E-state index contributed by atoms with van der Waals surface area (Å²) in [4.78, 5) is 12.6. The summed E-state index contributed by atoms with van der Waals surface area (Å²) in [6, 6.07) is 6.75. The van der Waals surface area contributed by atoms with E-state index in [1.165, 1.54) is 25.2 Å². The third-order valence-corrected chi connectivity index (χ3v) is 4.86. The predicted molar refractivity (Wildman–Crippen MR) is 98.2 cm³/mol. The second-order valence-corrected chi connectivity index (χ2v) is 8.85. The van der Waals surface area contributed by atoms with Gasteiger partial charge in [-0.3, -0.25) is 9.52 Å². The van der Waals surface area contributed by atoms with Gasteiger partial charge in [0.25, 0.3) is 5.91 Å². The quantitative estimate of drug-likeness (QED) is 0.733. The molecule has 2 rings (SSSR count). The van der Waals surface area contributed by atoms with Crippen LogP contribution in [0.2, 0.25) is 5.02 Å². The Balaban J connectivity index is 2.22. The standard InChI is InChI=1S/C15H17ClN2O4S2/c1-15(2,20)14(19)17-12-5-4-9(6-11(12)16)13-7-10(8-23-13)18-24(3,21)22/h4-8,18,20H,1-3H3,(H,17,19). The van der Waals surface area contributed by atoms with Gasteiger partial charge in [0.15, 0.2) is 0 Å². The molecule has 0 bridgehead atoms. The Morgan fingerprint density at radius 2 is 1.96 bits per heavy atom. The van der Waals surface area contributed by atoms with Gasteiger partial charge in [-0.15, -0.1) is 11.3 Å². The topological polar surface area (TPSA) is 95.5 Å². The Morgan fingerprint density at radius 3 is 2.50 bits per heavy atom. The highest BCUT2D eigenvalue weighted by atomic mass is 35.5. The maximum Gasteiger partial charge on any atom is 0.255 e. The molecule has 1 aromatic carbocycles. The third kappa shape index (κ3) is 4.94. The Bertz CT molecular complexity index is 870. The SMILES string of the molecule is CC(C)(O)C(=O)Nc1ccc(-c2cc(NS(C)(=O)=O)cs2)cc1Cl. The van der Waals surface area contributed by atoms with E-state index in [1.807, 2.05) is 0 Å². The van der Waals surface area contributed by atoms with Crippen LogP contribution in [0.3, 0.4) is 0 Å². The zero-order chi connectivity index (χ0) is 18.1. The molecule has 0 fully saturated rings. The van der Waals surface area contributed by atoms with E-state index in [0.29, 0.717) is 16.4 Å². The molecule has 0 aliphatic carbocycles. The minimum atomic E-state index is -3.33. The summed E-state index contributed by atoms with van der Waals surface area (Å²) in [6.07, 6.45) is 1.08. The minimum absolute atomic E-state index is 0.316. The van der Waals surface area contributed by atoms with Crippen LogP contribution in [-0.4, -0.2) is 31.3 Å². The smallest absolute Gasteiger partial charge is 0.255 e. The van der Waals surface area contributed by atoms with Crippen LogP contribution < -0.4 is 10.0 Å². The molecule has 1 aromatic heterocycles. The van der Waals surface area contributed by atoms with Crippen LogP contribution in [0.25, 0.3) is 10.4 Å². The largest absolute Gasteiger partial charge is 0.381 e. The number of hydrogen-bond acceptors (Lipinski definition) is 5. The number of amides is 1. The van der Waals surface area contributed by atoms with Crippen molar-refractivity contribution in [2.75, 3.05) is 16.3 Å². The molecule has 9 heteroatoms. The molecule has 0 radical (unpaired) electrons. The molecular formula is C15H17ClN2O4S2. The predicted octanol–water partition coefficient (Wildman–Crippen LogP) is 3.15. The molecule has 24 heavy (non-hydrogen) atoms. The fourth-order valence-corrected chi connectivity index (χ4v) is 3.49. The van der Waals surface area contributed by atoms with E-state index >= 15 is 0 Å². The van der Waals surface area contributed by atoms with Crippen LogP contribution >= 0.6 is 22.9 Å². The van der Waals surface area contributed by atoms with Crippen molar-refractivity contribution in [1.29, 1.82) is 0 Å². The number of nitrogens with one attached hydrogen (secondary N) is 2. The number of carbonyl (C=O) groups excluding carboxylic acids is 1. The van der Waals surface area contributed by atoms with Crippen LogP contribution in [0.1, 0.15) is 13.8 Å². The Kier molecular flexibility index (Phi) is 5.24. The van der Waals surface area contributed by atoms with Crippen molar-refractivity contribution in [3.63, 3.8) is 0 Å². The lowest BCUT2D eigenvalue weighted by atomic mass is 10.1. The third-order valence-electron chi connectivity index (χ3n) is 2.96. The summed E-state index contributed by atoms with van der Waals surface area (Å²) >= 11 is 7.55. The highest BCUT2D eigenvalue weighted by molar-refractivity contribution is 7.92. The molecule has 0 saturated carbocycles. The summed E-state index contributed by atoms with van der Waals surface area (Å²) < 4.78 is 24.9. The summed E-state index contributed by atoms with van der Waals surface area (Å²) in [5.41, 5.74) is 0.140. The molecule has 1 amide bonds. The first-order chi connectivity index (χ1) is 11.0. The number of anilines is 2. The van der Waals surface area contributed by atoms with Gasteiger partial charge >= 0.3 is 0 Å². The number of carbonyl (C=O) groups is 1. The molecular weight excluding hydrogens is 372 g/mol. The van der Waals surface area contributed by atoms with Crippen molar-refractivity contribution < 1.29 is 18.3 Å². The van der Waals surface area contributed by atoms with E-state index < -0.39 is 21.5 Å². The maximum atomic E-state index is 11.8. The van der Waals surface area contributed by atoms with Crippen molar-refractivity contribution >= 4 is 50.2 Å². The average Bonchev–Trinajstić information content (AvgIpc) is 2.86. The highest BCUT2D eigenvalue weighted by Crippen LogP contribution is 2.34. The van der Waals surface area contributed by atoms with Crippen molar-refractivity contribution in [3.05, 3.63) is 34.7 Å². The lowest BCUT2D eigenvalue weighted by Crippen LogP contribution is -2.36. The van der Waals surface area contributed by atoms with Gasteiger partial charge in [0, 0.05) is 10.3 Å². The number of halogens is 1. The van der Waals surface area contributed by atoms with Gasteiger partial charge in [0.1, 0.15) is 5.60 Å². The van der Waals surface area contributed by atoms with Crippen molar-refractivity contribution in [2.45, 2.75) is 19.4 Å². The normalized spacial score (nSPS) is 12.0. The molecule has 1 heterocycles. The van der Waals surface area contributed by atoms with Gasteiger partial charge in [0.05, 0.1) is 22.7 Å². The zero-order valence-electron chi connectivity index (χ0n) is 13.3. The molecule has 0 unspecified atom stereocenters. The fraction of sp³-hybridized carbons (Fsp3) is 0.267. The first kappa shape index (κ1) is 18.7. The van der Waals surface area contributed by atoms with Crippen LogP contribution in [-0.2, 0) is 14.8 Å². The first-order valence-corrected chi connectivity index (χ1v) is 10.0. The Morgan fingerprint density at radius 1 is 1.29 bits per heavy atom. The number of sulfonamides is 1. The summed E-state index contributed by atoms with van der Waals surface area (Å²) in [6.45, 7) is 2.76. The molecule has 0 saturated heterocycles. The molecule has 0 aliphatic heterocycles. The van der Waals surface area contributed by atoms with Crippen LogP contribution in [0.5, 0.6) is 0 Å². The molecule has 0 atom stereocenters.